The fourth-order valence-corrected chi connectivity index (χ4v) is 1.40. The van der Waals surface area contributed by atoms with Gasteiger partial charge >= 0.3 is 0 Å². The van der Waals surface area contributed by atoms with Gasteiger partial charge in [-0.15, -0.1) is 0 Å². The van der Waals surface area contributed by atoms with Crippen LogP contribution in [0.1, 0.15) is 5.69 Å². The second-order valence-corrected chi connectivity index (χ2v) is 3.49. The monoisotopic (exact) mass is 248 g/mol. The average molecular weight is 249 g/mol. The molecule has 0 spiro atoms. The molecule has 1 heterocycles. The van der Waals surface area contributed by atoms with Gasteiger partial charge in [0.25, 0.3) is 0 Å². The molecule has 0 atom stereocenters. The SMILES string of the molecule is BrC/C=C/c1cnc2ccccc2n1. The lowest BCUT2D eigenvalue weighted by atomic mass is 10.3. The van der Waals surface area contributed by atoms with E-state index < -0.39 is 0 Å². The molecule has 0 aliphatic heterocycles. The Bertz CT molecular complexity index is 466. The van der Waals surface area contributed by atoms with E-state index in [9.17, 15) is 0 Å². The van der Waals surface area contributed by atoms with Crippen LogP contribution in [-0.2, 0) is 0 Å². The summed E-state index contributed by atoms with van der Waals surface area (Å²) >= 11 is 3.32. The number of benzene rings is 1. The molecule has 0 aliphatic carbocycles. The minimum absolute atomic E-state index is 0.835. The zero-order valence-corrected chi connectivity index (χ0v) is 9.11. The Labute approximate surface area is 90.8 Å². The zero-order valence-electron chi connectivity index (χ0n) is 7.52. The summed E-state index contributed by atoms with van der Waals surface area (Å²) in [6.07, 6.45) is 5.73. The van der Waals surface area contributed by atoms with Crippen LogP contribution < -0.4 is 0 Å². The van der Waals surface area contributed by atoms with Gasteiger partial charge in [0, 0.05) is 5.33 Å². The van der Waals surface area contributed by atoms with Crippen LogP contribution in [0.3, 0.4) is 0 Å². The van der Waals surface area contributed by atoms with E-state index in [0.717, 1.165) is 22.1 Å². The predicted molar refractivity (Wildman–Crippen MR) is 62.4 cm³/mol. The molecular formula is C11H9BrN2. The molecule has 0 amide bonds. The maximum atomic E-state index is 4.44. The largest absolute Gasteiger partial charge is 0.252 e. The summed E-state index contributed by atoms with van der Waals surface area (Å²) in [5.74, 6) is 0. The minimum atomic E-state index is 0.835. The molecule has 1 aromatic heterocycles. The number of rotatable bonds is 2. The fourth-order valence-electron chi connectivity index (χ4n) is 1.22. The van der Waals surface area contributed by atoms with Gasteiger partial charge in [0.05, 0.1) is 22.9 Å². The van der Waals surface area contributed by atoms with Crippen molar-refractivity contribution in [1.82, 2.24) is 9.97 Å². The van der Waals surface area contributed by atoms with Crippen molar-refractivity contribution in [1.29, 1.82) is 0 Å². The molecule has 3 heteroatoms. The number of hydrogen-bond acceptors (Lipinski definition) is 2. The van der Waals surface area contributed by atoms with E-state index in [1.54, 1.807) is 6.20 Å². The highest BCUT2D eigenvalue weighted by atomic mass is 79.9. The van der Waals surface area contributed by atoms with E-state index in [-0.39, 0.29) is 0 Å². The summed E-state index contributed by atoms with van der Waals surface area (Å²) in [5, 5.41) is 0.835. The Kier molecular flexibility index (Phi) is 2.89. The molecule has 0 saturated heterocycles. The van der Waals surface area contributed by atoms with Crippen molar-refractivity contribution in [3.8, 4) is 0 Å². The van der Waals surface area contributed by atoms with Gasteiger partial charge in [0.1, 0.15) is 0 Å². The topological polar surface area (TPSA) is 25.8 Å². The van der Waals surface area contributed by atoms with Gasteiger partial charge in [-0.1, -0.05) is 34.1 Å². The van der Waals surface area contributed by atoms with Gasteiger partial charge in [-0.25, -0.2) is 4.98 Å². The van der Waals surface area contributed by atoms with Crippen LogP contribution in [0.15, 0.2) is 36.5 Å². The van der Waals surface area contributed by atoms with Crippen molar-refractivity contribution in [2.75, 3.05) is 5.33 Å². The van der Waals surface area contributed by atoms with Gasteiger partial charge in [-0.05, 0) is 18.2 Å². The lowest BCUT2D eigenvalue weighted by molar-refractivity contribution is 1.26. The fraction of sp³-hybridized carbons (Fsp3) is 0.0909. The maximum absolute atomic E-state index is 4.44. The highest BCUT2D eigenvalue weighted by Gasteiger charge is 1.94. The van der Waals surface area contributed by atoms with Gasteiger partial charge in [0.15, 0.2) is 0 Å². The lowest BCUT2D eigenvalue weighted by Crippen LogP contribution is -1.86. The number of alkyl halides is 1. The Hall–Kier alpha value is -1.22. The number of nitrogens with zero attached hydrogens (tertiary/aromatic N) is 2. The molecule has 0 saturated carbocycles. The first-order valence-corrected chi connectivity index (χ1v) is 5.46. The van der Waals surface area contributed by atoms with Gasteiger partial charge in [-0.2, -0.15) is 0 Å². The summed E-state index contributed by atoms with van der Waals surface area (Å²) in [7, 11) is 0. The Morgan fingerprint density at radius 3 is 2.79 bits per heavy atom. The molecule has 2 aromatic rings. The van der Waals surface area contributed by atoms with Crippen molar-refractivity contribution in [2.24, 2.45) is 0 Å². The van der Waals surface area contributed by atoms with Gasteiger partial charge < -0.3 is 0 Å². The Balaban J connectivity index is 2.46. The standard InChI is InChI=1S/C11H9BrN2/c12-7-3-4-9-8-13-10-5-1-2-6-11(10)14-9/h1-6,8H,7H2/b4-3+. The van der Waals surface area contributed by atoms with E-state index in [1.165, 1.54) is 0 Å². The number of hydrogen-bond donors (Lipinski definition) is 0. The van der Waals surface area contributed by atoms with E-state index >= 15 is 0 Å². The quantitative estimate of drug-likeness (QED) is 0.764. The summed E-state index contributed by atoms with van der Waals surface area (Å²) in [4.78, 5) is 8.75. The minimum Gasteiger partial charge on any atom is -0.252 e. The molecule has 0 aliphatic rings. The molecular weight excluding hydrogens is 240 g/mol. The van der Waals surface area contributed by atoms with Gasteiger partial charge in [0.2, 0.25) is 0 Å². The van der Waals surface area contributed by atoms with Crippen molar-refractivity contribution in [3.63, 3.8) is 0 Å². The van der Waals surface area contributed by atoms with E-state index in [4.69, 9.17) is 0 Å². The lowest BCUT2D eigenvalue weighted by Gasteiger charge is -1.96. The Morgan fingerprint density at radius 2 is 2.00 bits per heavy atom. The average Bonchev–Trinajstić information content (AvgIpc) is 2.26. The zero-order chi connectivity index (χ0) is 9.80. The molecule has 0 bridgehead atoms. The van der Waals surface area contributed by atoms with Crippen LogP contribution in [0.2, 0.25) is 0 Å². The number of allylic oxidation sites excluding steroid dienone is 1. The molecule has 0 unspecified atom stereocenters. The molecule has 1 aromatic carbocycles. The summed E-state index contributed by atoms with van der Waals surface area (Å²) in [6, 6.07) is 7.86. The van der Waals surface area contributed by atoms with Crippen LogP contribution in [0.25, 0.3) is 17.1 Å². The second-order valence-electron chi connectivity index (χ2n) is 2.84. The van der Waals surface area contributed by atoms with E-state index in [1.807, 2.05) is 36.4 Å². The number of fused-ring (bicyclic) bond motifs is 1. The molecule has 14 heavy (non-hydrogen) atoms. The van der Waals surface area contributed by atoms with E-state index in [2.05, 4.69) is 25.9 Å². The van der Waals surface area contributed by atoms with Crippen molar-refractivity contribution in [2.45, 2.75) is 0 Å². The molecule has 0 fully saturated rings. The van der Waals surface area contributed by atoms with Crippen LogP contribution in [0.4, 0.5) is 0 Å². The van der Waals surface area contributed by atoms with E-state index in [0.29, 0.717) is 0 Å². The maximum Gasteiger partial charge on any atom is 0.0894 e. The van der Waals surface area contributed by atoms with Crippen LogP contribution >= 0.6 is 15.9 Å². The smallest absolute Gasteiger partial charge is 0.0894 e. The van der Waals surface area contributed by atoms with Gasteiger partial charge in [-0.3, -0.25) is 4.98 Å². The van der Waals surface area contributed by atoms with Crippen LogP contribution in [0.5, 0.6) is 0 Å². The molecule has 2 rings (SSSR count). The highest BCUT2D eigenvalue weighted by Crippen LogP contribution is 2.09. The Morgan fingerprint density at radius 1 is 1.21 bits per heavy atom. The second kappa shape index (κ2) is 4.33. The molecule has 0 radical (unpaired) electrons. The first-order chi connectivity index (χ1) is 6.90. The summed E-state index contributed by atoms with van der Waals surface area (Å²) in [5.41, 5.74) is 2.76. The number of halogens is 1. The number of aromatic nitrogens is 2. The van der Waals surface area contributed by atoms with Crippen molar-refractivity contribution in [3.05, 3.63) is 42.2 Å². The predicted octanol–water partition coefficient (Wildman–Crippen LogP) is 3.04. The summed E-state index contributed by atoms with van der Waals surface area (Å²) in [6.45, 7) is 0. The molecule has 0 N–H and O–H groups in total. The van der Waals surface area contributed by atoms with Crippen molar-refractivity contribution < 1.29 is 0 Å². The summed E-state index contributed by atoms with van der Waals surface area (Å²) < 4.78 is 0. The number of para-hydroxylation sites is 2. The van der Waals surface area contributed by atoms with Crippen LogP contribution in [0, 0.1) is 0 Å². The first kappa shape index (κ1) is 9.34. The molecule has 2 nitrogen and oxygen atoms in total. The molecule has 70 valence electrons. The highest BCUT2D eigenvalue weighted by molar-refractivity contribution is 9.09. The normalized spacial score (nSPS) is 11.2. The third-order valence-corrected chi connectivity index (χ3v) is 2.22. The third-order valence-electron chi connectivity index (χ3n) is 1.84. The van der Waals surface area contributed by atoms with Crippen molar-refractivity contribution >= 4 is 33.0 Å². The first-order valence-electron chi connectivity index (χ1n) is 4.34. The van der Waals surface area contributed by atoms with Crippen LogP contribution in [-0.4, -0.2) is 15.3 Å². The third kappa shape index (κ3) is 1.99.